The number of halogens is 1. The van der Waals surface area contributed by atoms with E-state index in [0.29, 0.717) is 18.5 Å². The fourth-order valence-electron chi connectivity index (χ4n) is 6.08. The molecule has 222 valence electrons. The molecule has 0 atom stereocenters. The number of hydrogen-bond acceptors (Lipinski definition) is 5. The van der Waals surface area contributed by atoms with Crippen molar-refractivity contribution >= 4 is 17.2 Å². The summed E-state index contributed by atoms with van der Waals surface area (Å²) in [4.78, 5) is 22.2. The maximum Gasteiger partial charge on any atom is 0.228 e. The minimum atomic E-state index is -0.429. The van der Waals surface area contributed by atoms with Crippen LogP contribution in [0.4, 0.5) is 10.1 Å². The number of rotatable bonds is 10. The molecule has 42 heavy (non-hydrogen) atoms. The SMILES string of the molecule is CCC1=C2CC(=O)NC=C(F)C(=C2CNc2ccc(CCN3CCN(CC)CC3)cc2)C=C(c2cncc(CC)c2)C1. The second-order valence-corrected chi connectivity index (χ2v) is 11.4. The van der Waals surface area contributed by atoms with Crippen molar-refractivity contribution in [3.8, 4) is 0 Å². The van der Waals surface area contributed by atoms with Gasteiger partial charge in [0.25, 0.3) is 0 Å². The van der Waals surface area contributed by atoms with E-state index in [-0.39, 0.29) is 12.3 Å². The van der Waals surface area contributed by atoms with Crippen molar-refractivity contribution in [3.63, 3.8) is 0 Å². The van der Waals surface area contributed by atoms with E-state index in [9.17, 15) is 4.79 Å². The highest BCUT2D eigenvalue weighted by Gasteiger charge is 2.26. The lowest BCUT2D eigenvalue weighted by atomic mass is 9.90. The van der Waals surface area contributed by atoms with Crippen molar-refractivity contribution in [3.05, 3.63) is 99.8 Å². The molecule has 1 aromatic carbocycles. The highest BCUT2D eigenvalue weighted by atomic mass is 19.1. The molecule has 0 saturated carbocycles. The molecule has 7 heteroatoms. The smallest absolute Gasteiger partial charge is 0.228 e. The van der Waals surface area contributed by atoms with Crippen LogP contribution in [0.1, 0.15) is 56.7 Å². The molecule has 2 aliphatic heterocycles. The minimum Gasteiger partial charge on any atom is -0.381 e. The fraction of sp³-hybridized carbons (Fsp3) is 0.429. The number of carbonyl (C=O) groups is 1. The second-order valence-electron chi connectivity index (χ2n) is 11.4. The number of likely N-dealkylation sites (N-methyl/N-ethyl adjacent to an activating group) is 1. The number of fused-ring (bicyclic) bond motifs is 1. The van der Waals surface area contributed by atoms with E-state index >= 15 is 4.39 Å². The zero-order valence-electron chi connectivity index (χ0n) is 25.3. The first-order chi connectivity index (χ1) is 20.5. The largest absolute Gasteiger partial charge is 0.381 e. The molecule has 0 radical (unpaired) electrons. The van der Waals surface area contributed by atoms with Gasteiger partial charge in [0, 0.05) is 69.1 Å². The maximum absolute atomic E-state index is 15.7. The first-order valence-electron chi connectivity index (χ1n) is 15.5. The predicted octanol–water partition coefficient (Wildman–Crippen LogP) is 6.06. The summed E-state index contributed by atoms with van der Waals surface area (Å²) in [5.41, 5.74) is 8.94. The van der Waals surface area contributed by atoms with E-state index < -0.39 is 5.83 Å². The molecule has 0 unspecified atom stereocenters. The van der Waals surface area contributed by atoms with Crippen LogP contribution in [0.5, 0.6) is 0 Å². The highest BCUT2D eigenvalue weighted by Crippen LogP contribution is 2.39. The average Bonchev–Trinajstić information content (AvgIpc) is 3.19. The number of hydrogen-bond donors (Lipinski definition) is 2. The topological polar surface area (TPSA) is 60.5 Å². The number of nitrogens with zero attached hydrogens (tertiary/aromatic N) is 3. The average molecular weight is 570 g/mol. The highest BCUT2D eigenvalue weighted by molar-refractivity contribution is 5.84. The van der Waals surface area contributed by atoms with Gasteiger partial charge in [0.15, 0.2) is 0 Å². The number of allylic oxidation sites excluding steroid dienone is 5. The molecular weight excluding hydrogens is 525 g/mol. The molecule has 1 amide bonds. The van der Waals surface area contributed by atoms with E-state index in [4.69, 9.17) is 0 Å². The van der Waals surface area contributed by atoms with Crippen LogP contribution in [0, 0.1) is 0 Å². The van der Waals surface area contributed by atoms with Crippen LogP contribution in [0.15, 0.2) is 83.1 Å². The third-order valence-corrected chi connectivity index (χ3v) is 8.85. The van der Waals surface area contributed by atoms with Gasteiger partial charge in [-0.15, -0.1) is 0 Å². The Morgan fingerprint density at radius 1 is 0.952 bits per heavy atom. The molecule has 1 fully saturated rings. The van der Waals surface area contributed by atoms with Crippen molar-refractivity contribution in [2.45, 2.75) is 52.9 Å². The van der Waals surface area contributed by atoms with Gasteiger partial charge in [0.1, 0.15) is 5.83 Å². The van der Waals surface area contributed by atoms with Crippen LogP contribution < -0.4 is 10.6 Å². The molecular formula is C35H44FN5O. The molecule has 2 aromatic rings. The van der Waals surface area contributed by atoms with Gasteiger partial charge < -0.3 is 20.4 Å². The Hall–Kier alpha value is -3.55. The van der Waals surface area contributed by atoms with Gasteiger partial charge in [-0.25, -0.2) is 4.39 Å². The van der Waals surface area contributed by atoms with Gasteiger partial charge in [-0.05, 0) is 89.9 Å². The van der Waals surface area contributed by atoms with Crippen molar-refractivity contribution in [1.29, 1.82) is 0 Å². The molecule has 3 aliphatic rings. The zero-order valence-corrected chi connectivity index (χ0v) is 25.3. The van der Waals surface area contributed by atoms with E-state index in [1.54, 1.807) is 0 Å². The molecule has 1 saturated heterocycles. The maximum atomic E-state index is 15.7. The van der Waals surface area contributed by atoms with Gasteiger partial charge >= 0.3 is 0 Å². The summed E-state index contributed by atoms with van der Waals surface area (Å²) in [5, 5.41) is 6.18. The Kier molecular flexibility index (Phi) is 10.0. The number of anilines is 1. The lowest BCUT2D eigenvalue weighted by molar-refractivity contribution is -0.119. The van der Waals surface area contributed by atoms with E-state index in [1.807, 2.05) is 18.5 Å². The number of nitrogens with one attached hydrogen (secondary N) is 2. The lowest BCUT2D eigenvalue weighted by Crippen LogP contribution is -2.46. The molecule has 1 aliphatic carbocycles. The quantitative estimate of drug-likeness (QED) is 0.365. The van der Waals surface area contributed by atoms with Crippen LogP contribution in [0.3, 0.4) is 0 Å². The third kappa shape index (κ3) is 7.26. The monoisotopic (exact) mass is 569 g/mol. The molecule has 6 nitrogen and oxygen atoms in total. The van der Waals surface area contributed by atoms with Crippen LogP contribution in [-0.2, 0) is 17.6 Å². The Bertz CT molecular complexity index is 1400. The van der Waals surface area contributed by atoms with Gasteiger partial charge in [-0.1, -0.05) is 38.5 Å². The zero-order chi connectivity index (χ0) is 29.5. The summed E-state index contributed by atoms with van der Waals surface area (Å²) in [5.74, 6) is -0.622. The predicted molar refractivity (Wildman–Crippen MR) is 170 cm³/mol. The molecule has 5 rings (SSSR count). The summed E-state index contributed by atoms with van der Waals surface area (Å²) in [7, 11) is 0. The van der Waals surface area contributed by atoms with E-state index in [2.05, 4.69) is 76.5 Å². The number of aryl methyl sites for hydroxylation is 1. The Morgan fingerprint density at radius 3 is 2.43 bits per heavy atom. The standard InChI is InChI=1S/C35H44FN5O/c1-4-25-17-29(22-37-21-25)28-18-27(5-2)31-20-35(42)39-24-34(36)32(19-28)33(31)23-38-30-9-7-26(8-10-30)11-12-41-15-13-40(6-3)14-16-41/h7-10,17,19,21-22,24,38H,4-6,11-16,18,20,23H2,1-3H3,(H,39,42). The summed E-state index contributed by atoms with van der Waals surface area (Å²) >= 11 is 0. The van der Waals surface area contributed by atoms with Crippen LogP contribution in [0.25, 0.3) is 5.57 Å². The van der Waals surface area contributed by atoms with Gasteiger partial charge in [-0.3, -0.25) is 9.78 Å². The number of pyridine rings is 1. The van der Waals surface area contributed by atoms with Crippen LogP contribution >= 0.6 is 0 Å². The van der Waals surface area contributed by atoms with Gasteiger partial charge in [-0.2, -0.15) is 0 Å². The van der Waals surface area contributed by atoms with Crippen LogP contribution in [0.2, 0.25) is 0 Å². The van der Waals surface area contributed by atoms with Crippen molar-refractivity contribution < 1.29 is 9.18 Å². The number of aromatic nitrogens is 1. The fourth-order valence-corrected chi connectivity index (χ4v) is 6.08. The lowest BCUT2D eigenvalue weighted by Gasteiger charge is -2.34. The second kappa shape index (κ2) is 14.1. The van der Waals surface area contributed by atoms with Crippen LogP contribution in [-0.4, -0.2) is 66.5 Å². The van der Waals surface area contributed by atoms with Gasteiger partial charge in [0.05, 0.1) is 6.42 Å². The minimum absolute atomic E-state index is 0.193. The number of carbonyl (C=O) groups excluding carboxylic acids is 1. The van der Waals surface area contributed by atoms with Crippen molar-refractivity contribution in [2.75, 3.05) is 51.1 Å². The van der Waals surface area contributed by atoms with Gasteiger partial charge in [0.2, 0.25) is 5.91 Å². The first kappa shape index (κ1) is 29.9. The van der Waals surface area contributed by atoms with Crippen molar-refractivity contribution in [1.82, 2.24) is 20.1 Å². The Balaban J connectivity index is 1.37. The Labute approximate surface area is 250 Å². The van der Waals surface area contributed by atoms with E-state index in [1.165, 1.54) is 11.8 Å². The summed E-state index contributed by atoms with van der Waals surface area (Å²) in [6.45, 7) is 13.7. The Morgan fingerprint density at radius 2 is 1.71 bits per heavy atom. The van der Waals surface area contributed by atoms with Crippen molar-refractivity contribution in [2.24, 2.45) is 0 Å². The molecule has 0 spiro atoms. The molecule has 2 N–H and O–H groups in total. The summed E-state index contributed by atoms with van der Waals surface area (Å²) < 4.78 is 15.7. The number of benzene rings is 1. The molecule has 1 aromatic heterocycles. The third-order valence-electron chi connectivity index (χ3n) is 8.85. The molecule has 2 bridgehead atoms. The first-order valence-corrected chi connectivity index (χ1v) is 15.5. The molecule has 3 heterocycles. The van der Waals surface area contributed by atoms with E-state index in [0.717, 1.165) is 97.6 Å². The summed E-state index contributed by atoms with van der Waals surface area (Å²) in [6, 6.07) is 10.7. The number of piperazine rings is 1. The number of amides is 1. The summed E-state index contributed by atoms with van der Waals surface area (Å²) in [6.07, 6.45) is 10.5. The normalized spacial score (nSPS) is 18.6.